The van der Waals surface area contributed by atoms with Crippen molar-refractivity contribution in [2.24, 2.45) is 0 Å². The summed E-state index contributed by atoms with van der Waals surface area (Å²) in [4.78, 5) is 10.6. The van der Waals surface area contributed by atoms with Crippen LogP contribution in [0, 0.1) is 0 Å². The Morgan fingerprint density at radius 1 is 0.340 bits per heavy atom. The van der Waals surface area contributed by atoms with Crippen LogP contribution in [0.3, 0.4) is 0 Å². The molecular weight excluding hydrogens is 670 g/mol. The van der Waals surface area contributed by atoms with E-state index >= 15 is 4.57 Å². The Kier molecular flexibility index (Phi) is 6.42. The van der Waals surface area contributed by atoms with Crippen LogP contribution in [-0.4, -0.2) is 23.2 Å². The topological polar surface area (TPSA) is 57.6 Å². The molecule has 6 nitrogen and oxygen atoms in total. The quantitative estimate of drug-likeness (QED) is 0.168. The van der Waals surface area contributed by atoms with E-state index in [2.05, 4.69) is 102 Å². The van der Waals surface area contributed by atoms with Gasteiger partial charge in [-0.2, -0.15) is 0 Å². The number of para-hydroxylation sites is 6. The number of aromatic nitrogens is 5. The second-order valence-corrected chi connectivity index (χ2v) is 15.7. The monoisotopic (exact) mass is 699 g/mol. The molecule has 6 aromatic carbocycles. The molecule has 0 aliphatic carbocycles. The molecule has 53 heavy (non-hydrogen) atoms. The third-order valence-corrected chi connectivity index (χ3v) is 13.3. The molecule has 5 aromatic heterocycles. The summed E-state index contributed by atoms with van der Waals surface area (Å²) in [6.07, 6.45) is 0. The van der Waals surface area contributed by atoms with E-state index in [-0.39, 0.29) is 0 Å². The molecule has 0 radical (unpaired) electrons. The SMILES string of the molecule is O=P(c1cccc(-c2cccc(-n3c4ccccc4c4ccccc43)n2)n1)(n1c2ccccc2c2ccccc21)n1c2ccccc2c2ccccc21. The lowest BCUT2D eigenvalue weighted by molar-refractivity contribution is 0.572. The molecule has 7 heteroatoms. The van der Waals surface area contributed by atoms with Gasteiger partial charge >= 0.3 is 7.44 Å². The van der Waals surface area contributed by atoms with Gasteiger partial charge in [0, 0.05) is 32.3 Å². The molecule has 0 saturated carbocycles. The Labute approximate surface area is 304 Å². The van der Waals surface area contributed by atoms with Crippen LogP contribution in [-0.2, 0) is 4.57 Å². The van der Waals surface area contributed by atoms with E-state index in [1.807, 2.05) is 93.6 Å². The summed E-state index contributed by atoms with van der Waals surface area (Å²) in [6.45, 7) is 0. The number of benzene rings is 6. The first-order chi connectivity index (χ1) is 26.2. The van der Waals surface area contributed by atoms with Gasteiger partial charge in [-0.05, 0) is 60.7 Å². The van der Waals surface area contributed by atoms with Gasteiger partial charge in [0.05, 0.1) is 44.5 Å². The Morgan fingerprint density at radius 3 is 1.11 bits per heavy atom. The molecule has 0 N–H and O–H groups in total. The molecule has 0 aliphatic rings. The van der Waals surface area contributed by atoms with Gasteiger partial charge in [-0.3, -0.25) is 17.8 Å². The zero-order chi connectivity index (χ0) is 35.1. The highest BCUT2D eigenvalue weighted by Crippen LogP contribution is 2.56. The predicted octanol–water partition coefficient (Wildman–Crippen LogP) is 11.4. The van der Waals surface area contributed by atoms with E-state index in [9.17, 15) is 0 Å². The largest absolute Gasteiger partial charge is 0.319 e. The van der Waals surface area contributed by atoms with Crippen LogP contribution in [0.5, 0.6) is 0 Å². The molecule has 0 atom stereocenters. The first kappa shape index (κ1) is 29.9. The zero-order valence-corrected chi connectivity index (χ0v) is 29.3. The minimum absolute atomic E-state index is 0.470. The molecule has 0 fully saturated rings. The van der Waals surface area contributed by atoms with Crippen molar-refractivity contribution in [2.75, 3.05) is 0 Å². The molecular formula is C46H30N5OP. The van der Waals surface area contributed by atoms with Crippen molar-refractivity contribution in [3.8, 4) is 17.2 Å². The van der Waals surface area contributed by atoms with Crippen molar-refractivity contribution in [2.45, 2.75) is 0 Å². The third kappa shape index (κ3) is 4.24. The minimum atomic E-state index is -3.85. The number of hydrogen-bond acceptors (Lipinski definition) is 3. The van der Waals surface area contributed by atoms with E-state index in [1.54, 1.807) is 0 Å². The van der Waals surface area contributed by atoms with Crippen LogP contribution < -0.4 is 5.44 Å². The highest BCUT2D eigenvalue weighted by atomic mass is 31.2. The summed E-state index contributed by atoms with van der Waals surface area (Å²) in [5.41, 5.74) is 7.53. The van der Waals surface area contributed by atoms with Crippen molar-refractivity contribution in [3.63, 3.8) is 0 Å². The lowest BCUT2D eigenvalue weighted by Gasteiger charge is -2.25. The first-order valence-electron chi connectivity index (χ1n) is 17.7. The van der Waals surface area contributed by atoms with Crippen molar-refractivity contribution in [1.29, 1.82) is 0 Å². The Balaban J connectivity index is 1.20. The maximum Gasteiger partial charge on any atom is 0.319 e. The van der Waals surface area contributed by atoms with Gasteiger partial charge in [0.25, 0.3) is 0 Å². The highest BCUT2D eigenvalue weighted by molar-refractivity contribution is 7.69. The fourth-order valence-corrected chi connectivity index (χ4v) is 11.2. The second-order valence-electron chi connectivity index (χ2n) is 13.4. The fraction of sp³-hybridized carbons (Fsp3) is 0. The van der Waals surface area contributed by atoms with Crippen LogP contribution in [0.15, 0.2) is 182 Å². The Morgan fingerprint density at radius 2 is 0.679 bits per heavy atom. The standard InChI is InChI=1S/C46H30N5OP/c52-53(50-41-25-9-3-17-33(41)34-18-4-10-26-42(34)50,51-43-27-11-5-19-35(43)36-20-6-12-28-44(36)51)46-30-14-22-38(48-46)37-21-13-29-45(47-37)49-39-23-7-1-15-31(39)32-16-2-8-24-40(32)49/h1-30H. The van der Waals surface area contributed by atoms with Crippen molar-refractivity contribution >= 4 is 78.3 Å². The Hall–Kier alpha value is -6.75. The molecule has 0 spiro atoms. The predicted molar refractivity (Wildman–Crippen MR) is 219 cm³/mol. The smallest absolute Gasteiger partial charge is 0.294 e. The highest BCUT2D eigenvalue weighted by Gasteiger charge is 2.37. The normalized spacial score (nSPS) is 12.2. The molecule has 0 saturated heterocycles. The van der Waals surface area contributed by atoms with Crippen molar-refractivity contribution in [1.82, 2.24) is 23.2 Å². The first-order valence-corrected chi connectivity index (χ1v) is 19.3. The van der Waals surface area contributed by atoms with Crippen LogP contribution >= 0.6 is 7.44 Å². The molecule has 250 valence electrons. The number of nitrogens with zero attached hydrogens (tertiary/aromatic N) is 5. The van der Waals surface area contributed by atoms with Crippen molar-refractivity contribution in [3.05, 3.63) is 182 Å². The molecule has 11 aromatic rings. The van der Waals surface area contributed by atoms with Crippen LogP contribution in [0.1, 0.15) is 0 Å². The van der Waals surface area contributed by atoms with Gasteiger partial charge < -0.3 is 0 Å². The molecule has 0 amide bonds. The van der Waals surface area contributed by atoms with Gasteiger partial charge in [0.2, 0.25) is 0 Å². The van der Waals surface area contributed by atoms with Crippen molar-refractivity contribution < 1.29 is 4.57 Å². The summed E-state index contributed by atoms with van der Waals surface area (Å²) in [7, 11) is -3.85. The third-order valence-electron chi connectivity index (χ3n) is 10.5. The van der Waals surface area contributed by atoms with E-state index < -0.39 is 7.44 Å². The number of hydrogen-bond donors (Lipinski definition) is 0. The minimum Gasteiger partial charge on any atom is -0.294 e. The zero-order valence-electron chi connectivity index (χ0n) is 28.4. The van der Waals surface area contributed by atoms with Crippen LogP contribution in [0.4, 0.5) is 0 Å². The van der Waals surface area contributed by atoms with Crippen LogP contribution in [0.25, 0.3) is 82.6 Å². The molecule has 5 heterocycles. The van der Waals surface area contributed by atoms with Gasteiger partial charge in [0.15, 0.2) is 0 Å². The van der Waals surface area contributed by atoms with E-state index in [1.165, 1.54) is 10.8 Å². The Bertz CT molecular complexity index is 3020. The van der Waals surface area contributed by atoms with E-state index in [0.717, 1.165) is 60.5 Å². The molecule has 0 aliphatic heterocycles. The fourth-order valence-electron chi connectivity index (χ4n) is 8.27. The molecule has 0 unspecified atom stereocenters. The maximum absolute atomic E-state index is 17.0. The summed E-state index contributed by atoms with van der Waals surface area (Å²) >= 11 is 0. The summed E-state index contributed by atoms with van der Waals surface area (Å²) in [5.74, 6) is 0.792. The summed E-state index contributed by atoms with van der Waals surface area (Å²) < 4.78 is 23.3. The summed E-state index contributed by atoms with van der Waals surface area (Å²) in [6, 6.07) is 61.7. The summed E-state index contributed by atoms with van der Waals surface area (Å²) in [5, 5.41) is 6.52. The lowest BCUT2D eigenvalue weighted by atomic mass is 10.2. The molecule has 0 bridgehead atoms. The number of fused-ring (bicyclic) bond motifs is 9. The average Bonchev–Trinajstić information content (AvgIpc) is 3.87. The average molecular weight is 700 g/mol. The van der Waals surface area contributed by atoms with Crippen LogP contribution in [0.2, 0.25) is 0 Å². The number of pyridine rings is 2. The lowest BCUT2D eigenvalue weighted by Crippen LogP contribution is -2.21. The van der Waals surface area contributed by atoms with Gasteiger partial charge in [-0.1, -0.05) is 121 Å². The maximum atomic E-state index is 17.0. The van der Waals surface area contributed by atoms with Gasteiger partial charge in [-0.25, -0.2) is 9.97 Å². The number of rotatable bonds is 5. The molecule has 11 rings (SSSR count). The van der Waals surface area contributed by atoms with Gasteiger partial charge in [-0.15, -0.1) is 0 Å². The van der Waals surface area contributed by atoms with E-state index in [4.69, 9.17) is 9.97 Å². The second kappa shape index (κ2) is 11.4. The van der Waals surface area contributed by atoms with Gasteiger partial charge in [0.1, 0.15) is 11.3 Å². The van der Waals surface area contributed by atoms with E-state index in [0.29, 0.717) is 16.8 Å².